The minimum absolute atomic E-state index is 0.106. The molecule has 0 radical (unpaired) electrons. The molecule has 2 heterocycles. The summed E-state index contributed by atoms with van der Waals surface area (Å²) in [6.07, 6.45) is -2.47. The second kappa shape index (κ2) is 6.93. The van der Waals surface area contributed by atoms with Crippen LogP contribution in [-0.4, -0.2) is 19.5 Å². The molecule has 10 heteroatoms. The summed E-state index contributed by atoms with van der Waals surface area (Å²) in [5.41, 5.74) is 6.77. The average Bonchev–Trinajstić information content (AvgIpc) is 3.48. The van der Waals surface area contributed by atoms with E-state index < -0.39 is 17.6 Å². The lowest BCUT2D eigenvalue weighted by Crippen LogP contribution is -2.08. The first kappa shape index (κ1) is 19.3. The SMILES string of the molecule is Nc1cc(-n2c(C3CC3)nc3ccc(F)cc32)nc(Nc2ccc(C(F)(F)F)cc2)n1. The molecule has 1 saturated carbocycles. The van der Waals surface area contributed by atoms with Gasteiger partial charge in [0.1, 0.15) is 23.3 Å². The summed E-state index contributed by atoms with van der Waals surface area (Å²) in [6, 6.07) is 10.4. The number of benzene rings is 2. The van der Waals surface area contributed by atoms with Crippen molar-refractivity contribution in [1.82, 2.24) is 19.5 Å². The van der Waals surface area contributed by atoms with Crippen LogP contribution in [0.25, 0.3) is 16.9 Å². The molecule has 0 bridgehead atoms. The van der Waals surface area contributed by atoms with E-state index >= 15 is 0 Å². The summed E-state index contributed by atoms with van der Waals surface area (Å²) >= 11 is 0. The van der Waals surface area contributed by atoms with Gasteiger partial charge in [0.2, 0.25) is 5.95 Å². The highest BCUT2D eigenvalue weighted by Crippen LogP contribution is 2.42. The molecule has 0 amide bonds. The van der Waals surface area contributed by atoms with Crippen LogP contribution in [0.1, 0.15) is 30.1 Å². The second-order valence-corrected chi connectivity index (χ2v) is 7.39. The van der Waals surface area contributed by atoms with Crippen LogP contribution in [0.5, 0.6) is 0 Å². The zero-order valence-electron chi connectivity index (χ0n) is 16.0. The van der Waals surface area contributed by atoms with Crippen molar-refractivity contribution in [1.29, 1.82) is 0 Å². The molecule has 4 aromatic rings. The molecule has 1 aliphatic rings. The monoisotopic (exact) mass is 428 g/mol. The van der Waals surface area contributed by atoms with Gasteiger partial charge in [-0.3, -0.25) is 4.57 Å². The summed E-state index contributed by atoms with van der Waals surface area (Å²) < 4.78 is 54.0. The molecular formula is C21H16F4N6. The van der Waals surface area contributed by atoms with Gasteiger partial charge in [0, 0.05) is 23.7 Å². The van der Waals surface area contributed by atoms with E-state index in [4.69, 9.17) is 5.73 Å². The van der Waals surface area contributed by atoms with Gasteiger partial charge in [-0.25, -0.2) is 9.37 Å². The summed E-state index contributed by atoms with van der Waals surface area (Å²) in [7, 11) is 0. The number of rotatable bonds is 4. The van der Waals surface area contributed by atoms with E-state index in [0.29, 0.717) is 22.5 Å². The minimum atomic E-state index is -4.42. The van der Waals surface area contributed by atoms with E-state index in [1.54, 1.807) is 16.7 Å². The molecule has 2 aromatic heterocycles. The van der Waals surface area contributed by atoms with Crippen molar-refractivity contribution in [3.63, 3.8) is 0 Å². The standard InChI is InChI=1S/C21H16F4N6/c22-13-5-8-15-16(9-13)31(19(28-15)11-1-2-11)18-10-17(26)29-20(30-18)27-14-6-3-12(4-7-14)21(23,24)25/h3-11H,1-2H2,(H3,26,27,29,30). The van der Waals surface area contributed by atoms with E-state index in [-0.39, 0.29) is 17.7 Å². The van der Waals surface area contributed by atoms with Gasteiger partial charge in [0.15, 0.2) is 0 Å². The van der Waals surface area contributed by atoms with Crippen LogP contribution in [0.2, 0.25) is 0 Å². The fourth-order valence-corrected chi connectivity index (χ4v) is 3.42. The highest BCUT2D eigenvalue weighted by Gasteiger charge is 2.31. The number of hydrogen-bond acceptors (Lipinski definition) is 5. The van der Waals surface area contributed by atoms with E-state index in [1.165, 1.54) is 24.3 Å². The van der Waals surface area contributed by atoms with Crippen LogP contribution in [-0.2, 0) is 6.18 Å². The number of nitrogens with zero attached hydrogens (tertiary/aromatic N) is 4. The maximum absolute atomic E-state index is 13.9. The van der Waals surface area contributed by atoms with Crippen molar-refractivity contribution in [2.24, 2.45) is 0 Å². The number of halogens is 4. The first-order chi connectivity index (χ1) is 14.8. The topological polar surface area (TPSA) is 81.7 Å². The summed E-state index contributed by atoms with van der Waals surface area (Å²) in [5, 5.41) is 2.87. The van der Waals surface area contributed by atoms with Gasteiger partial charge in [0.05, 0.1) is 16.6 Å². The Labute approximate surface area is 173 Å². The quantitative estimate of drug-likeness (QED) is 0.438. The van der Waals surface area contributed by atoms with Crippen molar-refractivity contribution in [2.75, 3.05) is 11.1 Å². The molecule has 0 aliphatic heterocycles. The normalized spacial score (nSPS) is 14.2. The zero-order valence-corrected chi connectivity index (χ0v) is 16.0. The molecule has 1 aliphatic carbocycles. The van der Waals surface area contributed by atoms with Crippen molar-refractivity contribution in [3.8, 4) is 5.82 Å². The van der Waals surface area contributed by atoms with Crippen molar-refractivity contribution >= 4 is 28.5 Å². The molecule has 2 aromatic carbocycles. The smallest absolute Gasteiger partial charge is 0.383 e. The molecule has 5 rings (SSSR count). The first-order valence-corrected chi connectivity index (χ1v) is 9.55. The van der Waals surface area contributed by atoms with Crippen molar-refractivity contribution < 1.29 is 17.6 Å². The summed E-state index contributed by atoms with van der Waals surface area (Å²) in [4.78, 5) is 13.2. The Morgan fingerprint density at radius 3 is 2.39 bits per heavy atom. The molecule has 158 valence electrons. The number of aromatic nitrogens is 4. The maximum Gasteiger partial charge on any atom is 0.416 e. The van der Waals surface area contributed by atoms with Crippen LogP contribution in [0.15, 0.2) is 48.5 Å². The Balaban J connectivity index is 1.55. The molecule has 0 saturated heterocycles. The van der Waals surface area contributed by atoms with Crippen LogP contribution < -0.4 is 11.1 Å². The Hall–Kier alpha value is -3.69. The number of alkyl halides is 3. The lowest BCUT2D eigenvalue weighted by Gasteiger charge is -2.12. The predicted molar refractivity (Wildman–Crippen MR) is 108 cm³/mol. The minimum Gasteiger partial charge on any atom is -0.383 e. The molecule has 3 N–H and O–H groups in total. The molecule has 31 heavy (non-hydrogen) atoms. The highest BCUT2D eigenvalue weighted by atomic mass is 19.4. The third-order valence-electron chi connectivity index (χ3n) is 5.01. The summed E-state index contributed by atoms with van der Waals surface area (Å²) in [6.45, 7) is 0. The number of nitrogen functional groups attached to an aromatic ring is 1. The Bertz CT molecular complexity index is 1280. The maximum atomic E-state index is 13.9. The van der Waals surface area contributed by atoms with E-state index in [0.717, 1.165) is 30.8 Å². The van der Waals surface area contributed by atoms with Crippen LogP contribution >= 0.6 is 0 Å². The predicted octanol–water partition coefficient (Wildman–Crippen LogP) is 5.18. The number of imidazole rings is 1. The largest absolute Gasteiger partial charge is 0.416 e. The van der Waals surface area contributed by atoms with Crippen LogP contribution in [0.4, 0.5) is 35.0 Å². The van der Waals surface area contributed by atoms with Crippen LogP contribution in [0, 0.1) is 5.82 Å². The fourth-order valence-electron chi connectivity index (χ4n) is 3.42. The van der Waals surface area contributed by atoms with Crippen LogP contribution in [0.3, 0.4) is 0 Å². The molecule has 0 atom stereocenters. The van der Waals surface area contributed by atoms with Gasteiger partial charge in [-0.05, 0) is 49.2 Å². The number of fused-ring (bicyclic) bond motifs is 1. The fraction of sp³-hybridized carbons (Fsp3) is 0.190. The van der Waals surface area contributed by atoms with E-state index in [9.17, 15) is 17.6 Å². The third-order valence-corrected chi connectivity index (χ3v) is 5.01. The number of nitrogens with one attached hydrogen (secondary N) is 1. The van der Waals surface area contributed by atoms with E-state index in [2.05, 4.69) is 20.3 Å². The molecule has 1 fully saturated rings. The highest BCUT2D eigenvalue weighted by molar-refractivity contribution is 5.78. The Morgan fingerprint density at radius 2 is 1.71 bits per heavy atom. The van der Waals surface area contributed by atoms with Gasteiger partial charge >= 0.3 is 6.18 Å². The number of nitrogens with two attached hydrogens (primary N) is 1. The number of hydrogen-bond donors (Lipinski definition) is 2. The van der Waals surface area contributed by atoms with Gasteiger partial charge in [0.25, 0.3) is 0 Å². The number of anilines is 3. The Kier molecular flexibility index (Phi) is 4.31. The first-order valence-electron chi connectivity index (χ1n) is 9.55. The lowest BCUT2D eigenvalue weighted by atomic mass is 10.2. The lowest BCUT2D eigenvalue weighted by molar-refractivity contribution is -0.137. The van der Waals surface area contributed by atoms with Crippen molar-refractivity contribution in [2.45, 2.75) is 24.9 Å². The van der Waals surface area contributed by atoms with Gasteiger partial charge in [-0.15, -0.1) is 0 Å². The van der Waals surface area contributed by atoms with Crippen molar-refractivity contribution in [3.05, 3.63) is 65.7 Å². The van der Waals surface area contributed by atoms with Gasteiger partial charge in [-0.2, -0.15) is 23.1 Å². The third kappa shape index (κ3) is 3.76. The molecule has 0 spiro atoms. The zero-order chi connectivity index (χ0) is 21.8. The second-order valence-electron chi connectivity index (χ2n) is 7.39. The molecule has 0 unspecified atom stereocenters. The van der Waals surface area contributed by atoms with E-state index in [1.807, 2.05) is 0 Å². The Morgan fingerprint density at radius 1 is 0.968 bits per heavy atom. The van der Waals surface area contributed by atoms with Gasteiger partial charge < -0.3 is 11.1 Å². The average molecular weight is 428 g/mol. The molecule has 6 nitrogen and oxygen atoms in total. The summed E-state index contributed by atoms with van der Waals surface area (Å²) in [5.74, 6) is 1.27. The molecular weight excluding hydrogens is 412 g/mol. The van der Waals surface area contributed by atoms with Gasteiger partial charge in [-0.1, -0.05) is 0 Å².